The molecule has 2 aromatic rings. The van der Waals surface area contributed by atoms with Crippen molar-refractivity contribution in [1.82, 2.24) is 9.80 Å². The van der Waals surface area contributed by atoms with Gasteiger partial charge in [0.25, 0.3) is 0 Å². The van der Waals surface area contributed by atoms with Crippen LogP contribution in [0.1, 0.15) is 72.5 Å². The molecular weight excluding hydrogens is 464 g/mol. The Morgan fingerprint density at radius 1 is 1.03 bits per heavy atom. The number of carbonyl (C=O) groups excluding carboxylic acids is 2. The number of carbonyl (C=O) groups is 2. The highest BCUT2D eigenvalue weighted by atomic mass is 32.2. The molecule has 194 valence electrons. The molecule has 0 bridgehead atoms. The second-order valence-corrected chi connectivity index (χ2v) is 11.8. The van der Waals surface area contributed by atoms with Gasteiger partial charge in [-0.3, -0.25) is 9.69 Å². The van der Waals surface area contributed by atoms with Crippen LogP contribution in [0.2, 0.25) is 0 Å². The van der Waals surface area contributed by atoms with Gasteiger partial charge in [-0.15, -0.1) is 11.8 Å². The summed E-state index contributed by atoms with van der Waals surface area (Å²) >= 11 is 1.77. The smallest absolute Gasteiger partial charge is 0.150 e. The Morgan fingerprint density at radius 3 is 2.36 bits per heavy atom. The third kappa shape index (κ3) is 7.08. The van der Waals surface area contributed by atoms with Crippen molar-refractivity contribution in [2.24, 2.45) is 11.8 Å². The van der Waals surface area contributed by atoms with E-state index in [1.54, 1.807) is 11.8 Å². The number of hydrogen-bond donors (Lipinski definition) is 0. The van der Waals surface area contributed by atoms with Crippen molar-refractivity contribution in [1.29, 1.82) is 0 Å². The molecule has 4 nitrogen and oxygen atoms in total. The molecule has 1 aliphatic carbocycles. The first-order valence-corrected chi connectivity index (χ1v) is 14.7. The average molecular weight is 507 g/mol. The lowest BCUT2D eigenvalue weighted by Crippen LogP contribution is -2.32. The monoisotopic (exact) mass is 506 g/mol. The van der Waals surface area contributed by atoms with Crippen LogP contribution in [0, 0.1) is 11.8 Å². The van der Waals surface area contributed by atoms with E-state index >= 15 is 0 Å². The highest BCUT2D eigenvalue weighted by molar-refractivity contribution is 7.98. The van der Waals surface area contributed by atoms with Crippen LogP contribution in [0.25, 0.3) is 0 Å². The first kappa shape index (κ1) is 27.1. The van der Waals surface area contributed by atoms with Crippen LogP contribution >= 0.6 is 11.8 Å². The minimum Gasteiger partial charge on any atom is -0.302 e. The number of thioether (sulfide) groups is 1. The molecule has 3 atom stereocenters. The van der Waals surface area contributed by atoms with Crippen molar-refractivity contribution in [3.63, 3.8) is 0 Å². The molecule has 3 unspecified atom stereocenters. The molecule has 0 aromatic heterocycles. The Labute approximate surface area is 221 Å². The lowest BCUT2D eigenvalue weighted by molar-refractivity contribution is -0.112. The summed E-state index contributed by atoms with van der Waals surface area (Å²) in [6.07, 6.45) is 10.6. The van der Waals surface area contributed by atoms with Crippen molar-refractivity contribution < 1.29 is 9.59 Å². The van der Waals surface area contributed by atoms with E-state index in [9.17, 15) is 9.59 Å². The highest BCUT2D eigenvalue weighted by Crippen LogP contribution is 2.36. The number of likely N-dealkylation sites (tertiary alicyclic amines) is 1. The Kier molecular flexibility index (Phi) is 10.2. The van der Waals surface area contributed by atoms with Crippen LogP contribution in [-0.4, -0.2) is 55.1 Å². The van der Waals surface area contributed by atoms with E-state index < -0.39 is 0 Å². The van der Waals surface area contributed by atoms with E-state index in [1.807, 2.05) is 19.2 Å². The van der Waals surface area contributed by atoms with Gasteiger partial charge < -0.3 is 9.69 Å². The normalized spacial score (nSPS) is 20.9. The topological polar surface area (TPSA) is 40.6 Å². The van der Waals surface area contributed by atoms with Crippen molar-refractivity contribution in [3.05, 3.63) is 64.7 Å². The van der Waals surface area contributed by atoms with Gasteiger partial charge in [0.15, 0.2) is 0 Å². The van der Waals surface area contributed by atoms with Gasteiger partial charge in [0.1, 0.15) is 12.6 Å². The third-order valence-corrected chi connectivity index (χ3v) is 9.37. The lowest BCUT2D eigenvalue weighted by Gasteiger charge is -2.25. The van der Waals surface area contributed by atoms with Crippen molar-refractivity contribution in [3.8, 4) is 0 Å². The van der Waals surface area contributed by atoms with Crippen LogP contribution in [0.5, 0.6) is 0 Å². The molecule has 0 amide bonds. The molecule has 1 heterocycles. The quantitative estimate of drug-likeness (QED) is 0.237. The predicted molar refractivity (Wildman–Crippen MR) is 150 cm³/mol. The number of nitrogens with zero attached hydrogens (tertiary/aromatic N) is 2. The summed E-state index contributed by atoms with van der Waals surface area (Å²) < 4.78 is 0. The maximum absolute atomic E-state index is 11.8. The first-order chi connectivity index (χ1) is 17.6. The van der Waals surface area contributed by atoms with Gasteiger partial charge in [-0.1, -0.05) is 62.6 Å². The SMILES string of the molecule is CCCC(C=O)N(C)Cc1c(C=O)cccc1SCc1ccc(CCN2CC3CCCCC3C2)cc1. The van der Waals surface area contributed by atoms with Gasteiger partial charge in [-0.05, 0) is 67.3 Å². The zero-order chi connectivity index (χ0) is 25.3. The fourth-order valence-electron chi connectivity index (χ4n) is 5.99. The van der Waals surface area contributed by atoms with E-state index in [1.165, 1.54) is 56.4 Å². The van der Waals surface area contributed by atoms with Crippen LogP contribution < -0.4 is 0 Å². The van der Waals surface area contributed by atoms with E-state index in [-0.39, 0.29) is 6.04 Å². The molecule has 2 aromatic carbocycles. The van der Waals surface area contributed by atoms with E-state index in [0.29, 0.717) is 12.1 Å². The molecular formula is C31H42N2O2S. The standard InChI is InChI=1S/C31H42N2O2S/c1-3-7-29(22-35)32(2)20-30-28(21-34)10-6-11-31(30)36-23-25-14-12-24(13-15-25)16-17-33-18-26-8-4-5-9-27(26)19-33/h6,10-15,21-22,26-27,29H,3-5,7-9,16-20,23H2,1-2H3. The zero-order valence-electron chi connectivity index (χ0n) is 22.0. The summed E-state index contributed by atoms with van der Waals surface area (Å²) in [5.41, 5.74) is 4.44. The molecule has 5 heteroatoms. The lowest BCUT2D eigenvalue weighted by atomic mass is 9.82. The number of hydrogen-bond acceptors (Lipinski definition) is 5. The molecule has 1 aliphatic heterocycles. The fourth-order valence-corrected chi connectivity index (χ4v) is 7.03. The number of likely N-dealkylation sites (N-methyl/N-ethyl adjacent to an activating group) is 1. The Balaban J connectivity index is 1.32. The second kappa shape index (κ2) is 13.6. The van der Waals surface area contributed by atoms with E-state index in [0.717, 1.165) is 59.9 Å². The van der Waals surface area contributed by atoms with Crippen LogP contribution in [-0.2, 0) is 23.5 Å². The fraction of sp³-hybridized carbons (Fsp3) is 0.548. The van der Waals surface area contributed by atoms with Crippen LogP contribution in [0.15, 0.2) is 47.4 Å². The Bertz CT molecular complexity index is 979. The second-order valence-electron chi connectivity index (χ2n) is 10.8. The summed E-state index contributed by atoms with van der Waals surface area (Å²) in [7, 11) is 1.97. The average Bonchev–Trinajstić information content (AvgIpc) is 3.33. The molecule has 2 fully saturated rings. The van der Waals surface area contributed by atoms with Crippen molar-refractivity contribution in [2.75, 3.05) is 26.7 Å². The zero-order valence-corrected chi connectivity index (χ0v) is 22.8. The predicted octanol–water partition coefficient (Wildman–Crippen LogP) is 6.26. The molecule has 0 spiro atoms. The van der Waals surface area contributed by atoms with Crippen molar-refractivity contribution in [2.45, 2.75) is 75.1 Å². The summed E-state index contributed by atoms with van der Waals surface area (Å²) in [5, 5.41) is 0. The minimum absolute atomic E-state index is 0.121. The van der Waals surface area contributed by atoms with Crippen molar-refractivity contribution >= 4 is 24.3 Å². The highest BCUT2D eigenvalue weighted by Gasteiger charge is 2.33. The minimum atomic E-state index is -0.121. The molecule has 1 saturated heterocycles. The van der Waals surface area contributed by atoms with Crippen LogP contribution in [0.4, 0.5) is 0 Å². The maximum Gasteiger partial charge on any atom is 0.150 e. The van der Waals surface area contributed by atoms with Gasteiger partial charge in [0.05, 0.1) is 6.04 Å². The Hall–Kier alpha value is -1.95. The molecule has 2 aliphatic rings. The van der Waals surface area contributed by atoms with Gasteiger partial charge in [-0.2, -0.15) is 0 Å². The van der Waals surface area contributed by atoms with E-state index in [4.69, 9.17) is 0 Å². The number of rotatable bonds is 13. The molecule has 0 N–H and O–H groups in total. The molecule has 0 radical (unpaired) electrons. The summed E-state index contributed by atoms with van der Waals surface area (Å²) in [6.45, 7) is 6.48. The summed E-state index contributed by atoms with van der Waals surface area (Å²) in [4.78, 5) is 29.2. The van der Waals surface area contributed by atoms with Gasteiger partial charge in [0.2, 0.25) is 0 Å². The third-order valence-electron chi connectivity index (χ3n) is 8.20. The first-order valence-electron chi connectivity index (χ1n) is 13.8. The summed E-state index contributed by atoms with van der Waals surface area (Å²) in [6, 6.07) is 14.9. The summed E-state index contributed by atoms with van der Waals surface area (Å²) in [5.74, 6) is 2.77. The van der Waals surface area contributed by atoms with Gasteiger partial charge in [-0.25, -0.2) is 0 Å². The van der Waals surface area contributed by atoms with Crippen LogP contribution in [0.3, 0.4) is 0 Å². The van der Waals surface area contributed by atoms with E-state index in [2.05, 4.69) is 47.1 Å². The molecule has 4 rings (SSSR count). The largest absolute Gasteiger partial charge is 0.302 e. The van der Waals surface area contributed by atoms with Gasteiger partial charge >= 0.3 is 0 Å². The number of benzene rings is 2. The number of aldehydes is 2. The Morgan fingerprint density at radius 2 is 1.72 bits per heavy atom. The molecule has 1 saturated carbocycles. The number of fused-ring (bicyclic) bond motifs is 1. The van der Waals surface area contributed by atoms with Gasteiger partial charge in [0, 0.05) is 42.4 Å². The maximum atomic E-state index is 11.8. The molecule has 36 heavy (non-hydrogen) atoms.